The predicted octanol–water partition coefficient (Wildman–Crippen LogP) is 4.40. The third kappa shape index (κ3) is 5.27. The minimum Gasteiger partial charge on any atom is -0.350 e. The first-order valence-corrected chi connectivity index (χ1v) is 9.76. The van der Waals surface area contributed by atoms with Crippen LogP contribution < -0.4 is 14.8 Å². The fourth-order valence-electron chi connectivity index (χ4n) is 1.83. The van der Waals surface area contributed by atoms with Crippen LogP contribution in [0.1, 0.15) is 0 Å². The summed E-state index contributed by atoms with van der Waals surface area (Å²) in [5.41, 5.74) is -0.261. The van der Waals surface area contributed by atoms with E-state index in [0.717, 1.165) is 15.7 Å². The summed E-state index contributed by atoms with van der Waals surface area (Å²) < 4.78 is 56.9. The molecular weight excluding hydrogens is 487 g/mol. The van der Waals surface area contributed by atoms with Crippen LogP contribution in [0.2, 0.25) is 5.02 Å². The van der Waals surface area contributed by atoms with Crippen LogP contribution in [0.5, 0.6) is 0 Å². The lowest BCUT2D eigenvalue weighted by Crippen LogP contribution is -2.30. The highest BCUT2D eigenvalue weighted by Gasteiger charge is 2.19. The van der Waals surface area contributed by atoms with Crippen molar-refractivity contribution in [1.29, 1.82) is 0 Å². The lowest BCUT2D eigenvalue weighted by atomic mass is 10.2. The van der Waals surface area contributed by atoms with E-state index in [2.05, 4.69) is 21.3 Å². The zero-order valence-electron chi connectivity index (χ0n) is 12.6. The van der Waals surface area contributed by atoms with Gasteiger partial charge in [-0.25, -0.2) is 8.78 Å². The van der Waals surface area contributed by atoms with Crippen molar-refractivity contribution in [2.45, 2.75) is 0 Å². The van der Waals surface area contributed by atoms with Crippen LogP contribution in [0.25, 0.3) is 0 Å². The molecule has 3 N–H and O–H groups in total. The number of anilines is 3. The van der Waals surface area contributed by atoms with Crippen LogP contribution in [0.15, 0.2) is 43.0 Å². The zero-order valence-corrected chi connectivity index (χ0v) is 16.3. The molecule has 0 radical (unpaired) electrons. The van der Waals surface area contributed by atoms with Crippen molar-refractivity contribution < 1.29 is 17.2 Å². The molecule has 0 fully saturated rings. The number of benzene rings is 2. The Hall–Kier alpha value is -1.43. The molecule has 0 aliphatic heterocycles. The zero-order chi connectivity index (χ0) is 18.6. The van der Waals surface area contributed by atoms with E-state index in [1.54, 1.807) is 18.2 Å². The predicted molar refractivity (Wildman–Crippen MR) is 105 cm³/mol. The van der Waals surface area contributed by atoms with Crippen molar-refractivity contribution >= 4 is 61.5 Å². The summed E-state index contributed by atoms with van der Waals surface area (Å²) in [6.07, 6.45) is 1.34. The molecule has 0 aliphatic carbocycles. The quantitative estimate of drug-likeness (QED) is 0.391. The first-order valence-electron chi connectivity index (χ1n) is 6.82. The smallest absolute Gasteiger partial charge is 0.299 e. The molecule has 0 atom stereocenters. The molecule has 134 valence electrons. The molecule has 0 aliphatic rings. The number of hydrogen-bond acceptors (Lipinski definition) is 3. The van der Waals surface area contributed by atoms with Crippen LogP contribution >= 0.6 is 34.2 Å². The van der Waals surface area contributed by atoms with Gasteiger partial charge in [0, 0.05) is 10.1 Å². The van der Waals surface area contributed by atoms with Gasteiger partial charge in [-0.2, -0.15) is 13.1 Å². The molecule has 0 aromatic heterocycles. The molecule has 0 saturated heterocycles. The Labute approximate surface area is 162 Å². The summed E-state index contributed by atoms with van der Waals surface area (Å²) in [6, 6.07) is 6.83. The Kier molecular flexibility index (Phi) is 6.60. The van der Waals surface area contributed by atoms with Gasteiger partial charge in [0.15, 0.2) is 11.6 Å². The van der Waals surface area contributed by atoms with Crippen LogP contribution in [0.3, 0.4) is 0 Å². The summed E-state index contributed by atoms with van der Waals surface area (Å²) in [6.45, 7) is 3.37. The van der Waals surface area contributed by atoms with Gasteiger partial charge in [-0.15, -0.1) is 6.58 Å². The van der Waals surface area contributed by atoms with Gasteiger partial charge in [0.2, 0.25) is 0 Å². The third-order valence-electron chi connectivity index (χ3n) is 2.95. The molecule has 5 nitrogen and oxygen atoms in total. The Balaban J connectivity index is 2.42. The van der Waals surface area contributed by atoms with E-state index in [1.165, 1.54) is 6.08 Å². The number of halogens is 4. The van der Waals surface area contributed by atoms with Crippen LogP contribution in [0, 0.1) is 15.2 Å². The molecule has 0 heterocycles. The first-order chi connectivity index (χ1) is 11.7. The van der Waals surface area contributed by atoms with Crippen molar-refractivity contribution in [3.63, 3.8) is 0 Å². The molecule has 0 saturated carbocycles. The highest BCUT2D eigenvalue weighted by atomic mass is 127. The molecule has 0 spiro atoms. The second-order valence-electron chi connectivity index (χ2n) is 4.78. The van der Waals surface area contributed by atoms with E-state index in [1.807, 2.05) is 22.6 Å². The standard InChI is InChI=1S/C15H13ClF2IN3O2S/c1-2-7-20-25(23,24)22-13-6-4-11(17)14(18)15(13)21-12-5-3-9(19)8-10(12)16/h2-6,8,20-22H,1,7H2. The Morgan fingerprint density at radius 2 is 1.88 bits per heavy atom. The van der Waals surface area contributed by atoms with Gasteiger partial charge in [0.05, 0.1) is 16.4 Å². The number of nitrogens with one attached hydrogen (secondary N) is 3. The van der Waals surface area contributed by atoms with E-state index < -0.39 is 21.8 Å². The van der Waals surface area contributed by atoms with E-state index in [-0.39, 0.29) is 22.9 Å². The average molecular weight is 500 g/mol. The Bertz CT molecular complexity index is 910. The minimum absolute atomic E-state index is 0.0231. The maximum absolute atomic E-state index is 14.2. The summed E-state index contributed by atoms with van der Waals surface area (Å²) in [5.74, 6) is -2.37. The van der Waals surface area contributed by atoms with Gasteiger partial charge in [-0.05, 0) is 52.9 Å². The van der Waals surface area contributed by atoms with E-state index in [0.29, 0.717) is 5.69 Å². The largest absolute Gasteiger partial charge is 0.350 e. The first kappa shape index (κ1) is 19.9. The molecule has 0 bridgehead atoms. The highest BCUT2D eigenvalue weighted by Crippen LogP contribution is 2.34. The summed E-state index contributed by atoms with van der Waals surface area (Å²) in [7, 11) is -3.99. The van der Waals surface area contributed by atoms with Crippen LogP contribution in [0.4, 0.5) is 25.8 Å². The lowest BCUT2D eigenvalue weighted by Gasteiger charge is -2.16. The normalized spacial score (nSPS) is 11.2. The van der Waals surface area contributed by atoms with E-state index in [9.17, 15) is 17.2 Å². The van der Waals surface area contributed by atoms with Gasteiger partial charge in [-0.1, -0.05) is 17.7 Å². The monoisotopic (exact) mass is 499 g/mol. The molecule has 0 amide bonds. The van der Waals surface area contributed by atoms with Crippen molar-refractivity contribution in [3.8, 4) is 0 Å². The highest BCUT2D eigenvalue weighted by molar-refractivity contribution is 14.1. The second-order valence-corrected chi connectivity index (χ2v) is 7.93. The number of rotatable bonds is 7. The molecule has 10 heteroatoms. The third-order valence-corrected chi connectivity index (χ3v) is 4.97. The maximum atomic E-state index is 14.2. The van der Waals surface area contributed by atoms with Gasteiger partial charge >= 0.3 is 0 Å². The van der Waals surface area contributed by atoms with Crippen LogP contribution in [-0.4, -0.2) is 15.0 Å². The SMILES string of the molecule is C=CCNS(=O)(=O)Nc1ccc(F)c(F)c1Nc1ccc(I)cc1Cl. The lowest BCUT2D eigenvalue weighted by molar-refractivity contribution is 0.512. The summed E-state index contributed by atoms with van der Waals surface area (Å²) >= 11 is 8.13. The Morgan fingerprint density at radius 1 is 1.20 bits per heavy atom. The van der Waals surface area contributed by atoms with E-state index >= 15 is 0 Å². The molecule has 0 unspecified atom stereocenters. The van der Waals surface area contributed by atoms with Crippen LogP contribution in [-0.2, 0) is 10.2 Å². The van der Waals surface area contributed by atoms with Gasteiger partial charge in [0.1, 0.15) is 5.69 Å². The van der Waals surface area contributed by atoms with Crippen molar-refractivity contribution in [1.82, 2.24) is 4.72 Å². The minimum atomic E-state index is -3.99. The molecule has 2 rings (SSSR count). The molecule has 2 aromatic carbocycles. The summed E-state index contributed by atoms with van der Waals surface area (Å²) in [4.78, 5) is 0. The van der Waals surface area contributed by atoms with E-state index in [4.69, 9.17) is 11.6 Å². The maximum Gasteiger partial charge on any atom is 0.299 e. The average Bonchev–Trinajstić information content (AvgIpc) is 2.54. The second kappa shape index (κ2) is 8.30. The number of hydrogen-bond donors (Lipinski definition) is 3. The van der Waals surface area contributed by atoms with Gasteiger partial charge in [0.25, 0.3) is 10.2 Å². The fraction of sp³-hybridized carbons (Fsp3) is 0.0667. The molecular formula is C15H13ClF2IN3O2S. The Morgan fingerprint density at radius 3 is 2.52 bits per heavy atom. The van der Waals surface area contributed by atoms with Crippen molar-refractivity contribution in [2.24, 2.45) is 0 Å². The molecule has 2 aromatic rings. The van der Waals surface area contributed by atoms with Crippen molar-refractivity contribution in [2.75, 3.05) is 16.6 Å². The summed E-state index contributed by atoms with van der Waals surface area (Å²) in [5, 5.41) is 2.90. The topological polar surface area (TPSA) is 70.2 Å². The fourth-order valence-corrected chi connectivity index (χ4v) is 3.61. The van der Waals surface area contributed by atoms with Crippen molar-refractivity contribution in [3.05, 3.63) is 63.2 Å². The van der Waals surface area contributed by atoms with Gasteiger partial charge in [-0.3, -0.25) is 4.72 Å². The molecule has 25 heavy (non-hydrogen) atoms. The van der Waals surface area contributed by atoms with Gasteiger partial charge < -0.3 is 5.32 Å².